The van der Waals surface area contributed by atoms with E-state index < -0.39 is 41.1 Å². The zero-order chi connectivity index (χ0) is 26.3. The third kappa shape index (κ3) is 3.01. The normalized spacial score (nSPS) is 26.7. The second-order valence-corrected chi connectivity index (χ2v) is 10.2. The zero-order valence-electron chi connectivity index (χ0n) is 19.6. The number of ether oxygens (including phenoxy) is 2. The summed E-state index contributed by atoms with van der Waals surface area (Å²) in [4.78, 5) is 42.8. The molecule has 3 amide bonds. The molecule has 0 aromatic heterocycles. The summed E-state index contributed by atoms with van der Waals surface area (Å²) in [5.41, 5.74) is 0.400. The lowest BCUT2D eigenvalue weighted by molar-refractivity contribution is -0.130. The molecule has 4 aliphatic heterocycles. The molecule has 4 aliphatic rings. The van der Waals surface area contributed by atoms with Gasteiger partial charge in [-0.15, -0.1) is 0 Å². The summed E-state index contributed by atoms with van der Waals surface area (Å²) in [7, 11) is 0. The van der Waals surface area contributed by atoms with Crippen LogP contribution in [0.2, 0.25) is 5.02 Å². The number of phenolic OH excluding ortho intramolecular Hbond substituents is 2. The molecular weight excluding hydrogens is 514 g/mol. The van der Waals surface area contributed by atoms with Crippen molar-refractivity contribution in [3.63, 3.8) is 0 Å². The van der Waals surface area contributed by atoms with E-state index in [-0.39, 0.29) is 24.7 Å². The van der Waals surface area contributed by atoms with Crippen molar-refractivity contribution in [2.75, 3.05) is 17.0 Å². The van der Waals surface area contributed by atoms with E-state index in [0.717, 1.165) is 4.90 Å². The fraction of sp³-hybridized carbons (Fsp3) is 0.222. The fourth-order valence-electron chi connectivity index (χ4n) is 6.18. The summed E-state index contributed by atoms with van der Waals surface area (Å²) in [6.45, 7) is 0.0399. The molecule has 3 aromatic carbocycles. The Morgan fingerprint density at radius 3 is 2.58 bits per heavy atom. The topological polar surface area (TPSA) is 137 Å². The highest BCUT2D eigenvalue weighted by molar-refractivity contribution is 6.31. The molecule has 11 heteroatoms. The second kappa shape index (κ2) is 7.86. The maximum atomic E-state index is 14.1. The quantitative estimate of drug-likeness (QED) is 0.298. The van der Waals surface area contributed by atoms with Gasteiger partial charge >= 0.3 is 0 Å². The van der Waals surface area contributed by atoms with Crippen LogP contribution in [0.15, 0.2) is 54.6 Å². The van der Waals surface area contributed by atoms with Crippen molar-refractivity contribution in [1.29, 1.82) is 0 Å². The Morgan fingerprint density at radius 2 is 1.76 bits per heavy atom. The van der Waals surface area contributed by atoms with E-state index in [9.17, 15) is 24.6 Å². The number of amides is 3. The van der Waals surface area contributed by atoms with Crippen molar-refractivity contribution in [3.05, 3.63) is 70.7 Å². The molecule has 4 N–H and O–H groups in total. The van der Waals surface area contributed by atoms with E-state index in [0.29, 0.717) is 39.0 Å². The molecule has 1 spiro atoms. The average molecular weight is 534 g/mol. The lowest BCUT2D eigenvalue weighted by Crippen LogP contribution is -2.53. The molecule has 4 heterocycles. The maximum absolute atomic E-state index is 14.1. The van der Waals surface area contributed by atoms with Crippen molar-refractivity contribution >= 4 is 40.7 Å². The van der Waals surface area contributed by atoms with Crippen LogP contribution in [0.4, 0.5) is 11.4 Å². The fourth-order valence-corrected chi connectivity index (χ4v) is 6.35. The minimum Gasteiger partial charge on any atom is -0.504 e. The Labute approximate surface area is 220 Å². The van der Waals surface area contributed by atoms with E-state index in [1.807, 2.05) is 0 Å². The molecule has 7 rings (SSSR count). The van der Waals surface area contributed by atoms with Crippen molar-refractivity contribution in [3.8, 4) is 23.0 Å². The molecule has 2 saturated heterocycles. The summed E-state index contributed by atoms with van der Waals surface area (Å²) >= 11 is 6.31. The first kappa shape index (κ1) is 22.9. The molecule has 0 radical (unpaired) electrons. The second-order valence-electron chi connectivity index (χ2n) is 9.78. The number of fused-ring (bicyclic) bond motifs is 5. The van der Waals surface area contributed by atoms with Crippen LogP contribution in [0.1, 0.15) is 11.1 Å². The van der Waals surface area contributed by atoms with Gasteiger partial charge in [0.15, 0.2) is 23.0 Å². The van der Waals surface area contributed by atoms with Crippen LogP contribution in [0.3, 0.4) is 0 Å². The number of carbonyl (C=O) groups excluding carboxylic acids is 3. The highest BCUT2D eigenvalue weighted by Gasteiger charge is 2.70. The van der Waals surface area contributed by atoms with E-state index in [4.69, 9.17) is 21.1 Å². The molecule has 0 saturated carbocycles. The number of hydrogen-bond donors (Lipinski definition) is 4. The molecule has 0 bridgehead atoms. The Morgan fingerprint density at radius 1 is 0.947 bits per heavy atom. The van der Waals surface area contributed by atoms with Gasteiger partial charge in [0.1, 0.15) is 5.54 Å². The smallest absolute Gasteiger partial charge is 0.250 e. The number of phenols is 2. The molecule has 2 fully saturated rings. The van der Waals surface area contributed by atoms with Gasteiger partial charge in [-0.1, -0.05) is 17.7 Å². The predicted molar refractivity (Wildman–Crippen MR) is 134 cm³/mol. The van der Waals surface area contributed by atoms with Crippen LogP contribution >= 0.6 is 11.6 Å². The number of nitrogens with zero attached hydrogens (tertiary/aromatic N) is 1. The lowest BCUT2D eigenvalue weighted by Gasteiger charge is -2.29. The predicted octanol–water partition coefficient (Wildman–Crippen LogP) is 2.65. The summed E-state index contributed by atoms with van der Waals surface area (Å²) in [5.74, 6) is -3.05. The lowest BCUT2D eigenvalue weighted by atomic mass is 9.76. The standard InChI is InChI=1S/C27H20ClN3O7/c28-13-2-4-16-15(9-13)27(26(36)29-16)23-22(17(30-27)7-12-1-5-18(32)19(33)8-12)24(34)31(25(23)35)14-3-6-20-21(10-14)38-11-37-20/h1-6,8-10,17,22-23,30,32-33H,7,11H2,(H,29,36). The summed E-state index contributed by atoms with van der Waals surface area (Å²) in [6, 6.07) is 13.5. The average Bonchev–Trinajstić information content (AvgIpc) is 3.61. The van der Waals surface area contributed by atoms with Gasteiger partial charge < -0.3 is 25.0 Å². The number of benzene rings is 3. The first-order chi connectivity index (χ1) is 18.3. The Balaban J connectivity index is 1.36. The van der Waals surface area contributed by atoms with Crippen molar-refractivity contribution < 1.29 is 34.1 Å². The largest absolute Gasteiger partial charge is 0.504 e. The van der Waals surface area contributed by atoms with Crippen LogP contribution in [-0.2, 0) is 26.3 Å². The molecule has 192 valence electrons. The van der Waals surface area contributed by atoms with Gasteiger partial charge in [0, 0.05) is 28.4 Å². The summed E-state index contributed by atoms with van der Waals surface area (Å²) < 4.78 is 10.8. The van der Waals surface area contributed by atoms with Crippen molar-refractivity contribution in [1.82, 2.24) is 5.32 Å². The van der Waals surface area contributed by atoms with Gasteiger partial charge in [-0.3, -0.25) is 19.7 Å². The molecule has 4 unspecified atom stereocenters. The van der Waals surface area contributed by atoms with E-state index >= 15 is 0 Å². The van der Waals surface area contributed by atoms with E-state index in [1.54, 1.807) is 42.5 Å². The summed E-state index contributed by atoms with van der Waals surface area (Å²) in [6.07, 6.45) is 0.202. The highest BCUT2D eigenvalue weighted by Crippen LogP contribution is 2.54. The first-order valence-corrected chi connectivity index (χ1v) is 12.3. The number of rotatable bonds is 3. The van der Waals surface area contributed by atoms with Crippen LogP contribution in [0, 0.1) is 11.8 Å². The minimum atomic E-state index is -1.54. The summed E-state index contributed by atoms with van der Waals surface area (Å²) in [5, 5.41) is 26.3. The number of halogens is 1. The van der Waals surface area contributed by atoms with Gasteiger partial charge in [0.05, 0.1) is 17.5 Å². The van der Waals surface area contributed by atoms with Gasteiger partial charge in [-0.2, -0.15) is 0 Å². The van der Waals surface area contributed by atoms with Crippen molar-refractivity contribution in [2.45, 2.75) is 18.0 Å². The van der Waals surface area contributed by atoms with Crippen LogP contribution < -0.4 is 25.0 Å². The van der Waals surface area contributed by atoms with Gasteiger partial charge in [-0.25, -0.2) is 4.90 Å². The first-order valence-electron chi connectivity index (χ1n) is 12.0. The minimum absolute atomic E-state index is 0.0399. The Bertz CT molecular complexity index is 1580. The molecule has 0 aliphatic carbocycles. The SMILES string of the molecule is O=C1C2C(Cc3ccc(O)c(O)c3)NC3(C(=O)Nc4ccc(Cl)cc43)C2C(=O)N1c1ccc2c(c1)OCO2. The van der Waals surface area contributed by atoms with Gasteiger partial charge in [0.25, 0.3) is 0 Å². The number of anilines is 2. The molecule has 3 aromatic rings. The van der Waals surface area contributed by atoms with Crippen LogP contribution in [-0.4, -0.2) is 40.8 Å². The maximum Gasteiger partial charge on any atom is 0.250 e. The number of aromatic hydroxyl groups is 2. The molecule has 38 heavy (non-hydrogen) atoms. The van der Waals surface area contributed by atoms with Crippen LogP contribution in [0.25, 0.3) is 0 Å². The molecule has 4 atom stereocenters. The Kier molecular flexibility index (Phi) is 4.73. The number of nitrogens with one attached hydrogen (secondary N) is 2. The third-order valence-electron chi connectivity index (χ3n) is 7.79. The van der Waals surface area contributed by atoms with E-state index in [1.165, 1.54) is 12.1 Å². The van der Waals surface area contributed by atoms with Crippen molar-refractivity contribution in [2.24, 2.45) is 11.8 Å². The monoisotopic (exact) mass is 533 g/mol. The van der Waals surface area contributed by atoms with Gasteiger partial charge in [0.2, 0.25) is 24.5 Å². The van der Waals surface area contributed by atoms with Gasteiger partial charge in [-0.05, 0) is 54.4 Å². The zero-order valence-corrected chi connectivity index (χ0v) is 20.4. The van der Waals surface area contributed by atoms with E-state index in [2.05, 4.69) is 10.6 Å². The third-order valence-corrected chi connectivity index (χ3v) is 8.02. The number of hydrogen-bond acceptors (Lipinski definition) is 8. The molecular formula is C27H20ClN3O7. The molecule has 10 nitrogen and oxygen atoms in total. The highest BCUT2D eigenvalue weighted by atomic mass is 35.5. The number of imide groups is 1. The van der Waals surface area contributed by atoms with Crippen LogP contribution in [0.5, 0.6) is 23.0 Å². The Hall–Kier alpha value is -4.28. The number of carbonyl (C=O) groups is 3.